The number of benzene rings is 1. The van der Waals surface area contributed by atoms with Gasteiger partial charge in [-0.2, -0.15) is 5.10 Å². The predicted molar refractivity (Wildman–Crippen MR) is 94.4 cm³/mol. The summed E-state index contributed by atoms with van der Waals surface area (Å²) in [4.78, 5) is 2.50. The van der Waals surface area contributed by atoms with E-state index in [-0.39, 0.29) is 6.04 Å². The molecule has 0 unspecified atom stereocenters. The van der Waals surface area contributed by atoms with Crippen LogP contribution in [-0.2, 0) is 23.5 Å². The second-order valence-electron chi connectivity index (χ2n) is 6.65. The van der Waals surface area contributed by atoms with Crippen LogP contribution in [0, 0.1) is 0 Å². The van der Waals surface area contributed by atoms with E-state index in [0.29, 0.717) is 18.0 Å². The number of sulfonamides is 1. The summed E-state index contributed by atoms with van der Waals surface area (Å²) in [7, 11) is -1.65. The normalized spacial score (nSPS) is 20.4. The Balaban J connectivity index is 1.48. The molecule has 25 heavy (non-hydrogen) atoms. The minimum atomic E-state index is -3.53. The third-order valence-corrected chi connectivity index (χ3v) is 6.29. The lowest BCUT2D eigenvalue weighted by atomic mass is 10.1. The van der Waals surface area contributed by atoms with Crippen molar-refractivity contribution >= 4 is 15.7 Å². The molecule has 1 fully saturated rings. The molecule has 1 N–H and O–H groups in total. The Bertz CT molecular complexity index is 878. The number of aromatic nitrogens is 2. The molecule has 0 saturated carbocycles. The van der Waals surface area contributed by atoms with Crippen molar-refractivity contribution in [1.29, 1.82) is 0 Å². The Hall–Kier alpha value is -2.06. The summed E-state index contributed by atoms with van der Waals surface area (Å²) in [5.41, 5.74) is 1.99. The van der Waals surface area contributed by atoms with Crippen molar-refractivity contribution in [2.24, 2.45) is 7.05 Å². The summed E-state index contributed by atoms with van der Waals surface area (Å²) >= 11 is 0. The van der Waals surface area contributed by atoms with Crippen LogP contribution in [-0.4, -0.2) is 43.9 Å². The molecule has 4 rings (SSSR count). The second kappa shape index (κ2) is 6.34. The highest BCUT2D eigenvalue weighted by atomic mass is 32.2. The predicted octanol–water partition coefficient (Wildman–Crippen LogP) is 1.30. The molecule has 0 aliphatic carbocycles. The number of hydrogen-bond donors (Lipinski definition) is 1. The molecule has 2 aliphatic rings. The van der Waals surface area contributed by atoms with Crippen molar-refractivity contribution in [2.75, 3.05) is 24.6 Å². The number of fused-ring (bicyclic) bond motifs is 1. The summed E-state index contributed by atoms with van der Waals surface area (Å²) in [5.74, 6) is 0.791. The molecule has 1 atom stereocenters. The van der Waals surface area contributed by atoms with E-state index in [1.807, 2.05) is 19.4 Å². The number of anilines is 1. The first-order valence-corrected chi connectivity index (χ1v) is 10.0. The Morgan fingerprint density at radius 2 is 2.24 bits per heavy atom. The van der Waals surface area contributed by atoms with E-state index in [1.54, 1.807) is 22.9 Å². The molecule has 0 bridgehead atoms. The zero-order chi connectivity index (χ0) is 17.4. The summed E-state index contributed by atoms with van der Waals surface area (Å²) in [5, 5.41) is 4.20. The van der Waals surface area contributed by atoms with Gasteiger partial charge in [-0.15, -0.1) is 0 Å². The quantitative estimate of drug-likeness (QED) is 0.887. The van der Waals surface area contributed by atoms with Crippen LogP contribution in [0.5, 0.6) is 5.75 Å². The van der Waals surface area contributed by atoms with Gasteiger partial charge in [0.15, 0.2) is 0 Å². The Kier molecular flexibility index (Phi) is 4.16. The molecule has 8 heteroatoms. The number of piperidine rings is 1. The van der Waals surface area contributed by atoms with E-state index >= 15 is 0 Å². The van der Waals surface area contributed by atoms with Crippen molar-refractivity contribution in [1.82, 2.24) is 14.5 Å². The van der Waals surface area contributed by atoms with Crippen molar-refractivity contribution in [2.45, 2.75) is 30.2 Å². The molecular weight excluding hydrogens is 340 g/mol. The first-order valence-electron chi connectivity index (χ1n) is 8.53. The summed E-state index contributed by atoms with van der Waals surface area (Å²) in [6, 6.07) is 4.99. The fourth-order valence-corrected chi connectivity index (χ4v) is 4.81. The highest BCUT2D eigenvalue weighted by molar-refractivity contribution is 7.89. The monoisotopic (exact) mass is 362 g/mol. The standard InChI is InChI=1S/C17H22N4O3S/c1-20-12-15(10-18-20)21-7-2-3-14(11-21)19-25(22,23)16-4-5-17-13(9-16)6-8-24-17/h4-5,9-10,12,14,19H,2-3,6-8,11H2,1H3/t14-/m1/s1. The summed E-state index contributed by atoms with van der Waals surface area (Å²) in [6.07, 6.45) is 6.32. The van der Waals surface area contributed by atoms with Crippen LogP contribution < -0.4 is 14.4 Å². The molecule has 2 aliphatic heterocycles. The molecule has 0 amide bonds. The largest absolute Gasteiger partial charge is 0.493 e. The fourth-order valence-electron chi connectivity index (χ4n) is 3.50. The fraction of sp³-hybridized carbons (Fsp3) is 0.471. The maximum Gasteiger partial charge on any atom is 0.240 e. The summed E-state index contributed by atoms with van der Waals surface area (Å²) < 4.78 is 35.6. The van der Waals surface area contributed by atoms with Gasteiger partial charge < -0.3 is 9.64 Å². The molecule has 2 aromatic rings. The van der Waals surface area contributed by atoms with Gasteiger partial charge in [0.2, 0.25) is 10.0 Å². The topological polar surface area (TPSA) is 76.5 Å². The van der Waals surface area contributed by atoms with Crippen LogP contribution in [0.4, 0.5) is 5.69 Å². The van der Waals surface area contributed by atoms with Gasteiger partial charge in [-0.1, -0.05) is 0 Å². The minimum absolute atomic E-state index is 0.108. The molecule has 0 radical (unpaired) electrons. The molecule has 7 nitrogen and oxygen atoms in total. The molecule has 1 aromatic carbocycles. The van der Waals surface area contributed by atoms with Gasteiger partial charge in [-0.05, 0) is 36.6 Å². The van der Waals surface area contributed by atoms with Crippen molar-refractivity contribution < 1.29 is 13.2 Å². The van der Waals surface area contributed by atoms with Crippen molar-refractivity contribution in [3.05, 3.63) is 36.2 Å². The third-order valence-electron chi connectivity index (χ3n) is 4.77. The third kappa shape index (κ3) is 3.36. The Labute approximate surface area is 147 Å². The van der Waals surface area contributed by atoms with Crippen LogP contribution in [0.1, 0.15) is 18.4 Å². The van der Waals surface area contributed by atoms with Gasteiger partial charge >= 0.3 is 0 Å². The average Bonchev–Trinajstić information content (AvgIpc) is 3.22. The van der Waals surface area contributed by atoms with Crippen LogP contribution in [0.2, 0.25) is 0 Å². The molecule has 1 saturated heterocycles. The average molecular weight is 362 g/mol. The molecule has 134 valence electrons. The number of rotatable bonds is 4. The van der Waals surface area contributed by atoms with Crippen LogP contribution in [0.25, 0.3) is 0 Å². The SMILES string of the molecule is Cn1cc(N2CCC[C@@H](NS(=O)(=O)c3ccc4c(c3)CCO4)C2)cn1. The van der Waals surface area contributed by atoms with Gasteiger partial charge in [-0.3, -0.25) is 4.68 Å². The van der Waals surface area contributed by atoms with Crippen LogP contribution in [0.15, 0.2) is 35.5 Å². The Morgan fingerprint density at radius 3 is 3.04 bits per heavy atom. The van der Waals surface area contributed by atoms with Gasteiger partial charge in [0, 0.05) is 38.8 Å². The lowest BCUT2D eigenvalue weighted by molar-refractivity contribution is 0.356. The van der Waals surface area contributed by atoms with E-state index in [1.165, 1.54) is 0 Å². The van der Waals surface area contributed by atoms with E-state index in [0.717, 1.165) is 42.8 Å². The van der Waals surface area contributed by atoms with Crippen LogP contribution >= 0.6 is 0 Å². The zero-order valence-electron chi connectivity index (χ0n) is 14.2. The summed E-state index contributed by atoms with van der Waals surface area (Å²) in [6.45, 7) is 2.19. The zero-order valence-corrected chi connectivity index (χ0v) is 15.0. The second-order valence-corrected chi connectivity index (χ2v) is 8.36. The number of hydrogen-bond acceptors (Lipinski definition) is 5. The maximum atomic E-state index is 12.8. The van der Waals surface area contributed by atoms with Gasteiger partial charge in [-0.25, -0.2) is 13.1 Å². The lowest BCUT2D eigenvalue weighted by Crippen LogP contribution is -2.47. The number of nitrogens with one attached hydrogen (secondary N) is 1. The molecule has 1 aromatic heterocycles. The highest BCUT2D eigenvalue weighted by Gasteiger charge is 2.27. The van der Waals surface area contributed by atoms with Crippen LogP contribution in [0.3, 0.4) is 0 Å². The van der Waals surface area contributed by atoms with E-state index in [2.05, 4.69) is 14.7 Å². The maximum absolute atomic E-state index is 12.8. The van der Waals surface area contributed by atoms with Gasteiger partial charge in [0.25, 0.3) is 0 Å². The van der Waals surface area contributed by atoms with Crippen molar-refractivity contribution in [3.63, 3.8) is 0 Å². The Morgan fingerprint density at radius 1 is 1.36 bits per heavy atom. The van der Waals surface area contributed by atoms with E-state index in [9.17, 15) is 8.42 Å². The molecule has 0 spiro atoms. The first-order chi connectivity index (χ1) is 12.0. The smallest absolute Gasteiger partial charge is 0.240 e. The van der Waals surface area contributed by atoms with Crippen molar-refractivity contribution in [3.8, 4) is 5.75 Å². The minimum Gasteiger partial charge on any atom is -0.493 e. The van der Waals surface area contributed by atoms with E-state index < -0.39 is 10.0 Å². The first kappa shape index (κ1) is 16.4. The number of nitrogens with zero attached hydrogens (tertiary/aromatic N) is 3. The molecule has 3 heterocycles. The molecular formula is C17H22N4O3S. The lowest BCUT2D eigenvalue weighted by Gasteiger charge is -2.33. The highest BCUT2D eigenvalue weighted by Crippen LogP contribution is 2.28. The number of aryl methyl sites for hydroxylation is 1. The number of ether oxygens (including phenoxy) is 1. The van der Waals surface area contributed by atoms with Gasteiger partial charge in [0.05, 0.1) is 23.4 Å². The van der Waals surface area contributed by atoms with Gasteiger partial charge in [0.1, 0.15) is 5.75 Å². The van der Waals surface area contributed by atoms with E-state index in [4.69, 9.17) is 4.74 Å².